The second-order valence-electron chi connectivity index (χ2n) is 4.81. The first-order valence-electron chi connectivity index (χ1n) is 6.90. The van der Waals surface area contributed by atoms with Gasteiger partial charge in [-0.25, -0.2) is 4.98 Å². The first-order chi connectivity index (χ1) is 10.4. The van der Waals surface area contributed by atoms with E-state index in [0.717, 1.165) is 29.9 Å². The number of ether oxygens (including phenoxy) is 1. The minimum absolute atomic E-state index is 0.631. The minimum atomic E-state index is 0.631. The lowest BCUT2D eigenvalue weighted by atomic mass is 10.2. The Bertz CT molecular complexity index is 691. The highest BCUT2D eigenvalue weighted by molar-refractivity contribution is 5.80. The number of fused-ring (bicyclic) bond motifs is 1. The average Bonchev–Trinajstić information content (AvgIpc) is 3.13. The summed E-state index contributed by atoms with van der Waals surface area (Å²) < 4.78 is 12.3. The lowest BCUT2D eigenvalue weighted by Crippen LogP contribution is -2.18. The van der Waals surface area contributed by atoms with E-state index in [1.165, 1.54) is 5.56 Å². The monoisotopic (exact) mass is 286 g/mol. The van der Waals surface area contributed by atoms with Crippen LogP contribution in [0.2, 0.25) is 0 Å². The fourth-order valence-corrected chi connectivity index (χ4v) is 2.35. The molecule has 0 bridgehead atoms. The largest absolute Gasteiger partial charge is 0.383 e. The zero-order chi connectivity index (χ0) is 14.5. The molecule has 0 aliphatic heterocycles. The molecule has 3 rings (SSSR count). The summed E-state index contributed by atoms with van der Waals surface area (Å²) in [7, 11) is 1.70. The van der Waals surface area contributed by atoms with Crippen LogP contribution >= 0.6 is 0 Å². The highest BCUT2D eigenvalue weighted by Gasteiger charge is 2.10. The van der Waals surface area contributed by atoms with Crippen LogP contribution in [0.15, 0.2) is 41.3 Å². The molecule has 6 heteroatoms. The summed E-state index contributed by atoms with van der Waals surface area (Å²) in [4.78, 5) is 4.48. The molecule has 0 atom stereocenters. The molecule has 0 saturated heterocycles. The van der Waals surface area contributed by atoms with E-state index in [2.05, 4.69) is 32.3 Å². The number of hydrogen-bond acceptors (Lipinski definition) is 5. The van der Waals surface area contributed by atoms with Gasteiger partial charge in [-0.3, -0.25) is 0 Å². The van der Waals surface area contributed by atoms with Crippen molar-refractivity contribution in [1.82, 2.24) is 20.0 Å². The Morgan fingerprint density at radius 2 is 2.29 bits per heavy atom. The van der Waals surface area contributed by atoms with E-state index in [1.807, 2.05) is 12.1 Å². The number of pyridine rings is 1. The summed E-state index contributed by atoms with van der Waals surface area (Å²) >= 11 is 0. The van der Waals surface area contributed by atoms with Gasteiger partial charge in [0, 0.05) is 44.0 Å². The van der Waals surface area contributed by atoms with E-state index in [-0.39, 0.29) is 0 Å². The van der Waals surface area contributed by atoms with Crippen LogP contribution in [0.1, 0.15) is 11.3 Å². The molecule has 0 aliphatic rings. The van der Waals surface area contributed by atoms with Crippen molar-refractivity contribution in [3.63, 3.8) is 0 Å². The highest BCUT2D eigenvalue weighted by atomic mass is 16.5. The van der Waals surface area contributed by atoms with Gasteiger partial charge in [0.1, 0.15) is 5.65 Å². The Balaban J connectivity index is 1.83. The standard InChI is InChI=1S/C15H18N4O2/c1-20-8-7-16-9-12-10-19(11-13-4-6-18-21-13)15-14(12)3-2-5-17-15/h2-6,10,16H,7-9,11H2,1H3. The summed E-state index contributed by atoms with van der Waals surface area (Å²) in [6, 6.07) is 5.91. The molecule has 0 aromatic carbocycles. The average molecular weight is 286 g/mol. The molecule has 0 saturated carbocycles. The predicted molar refractivity (Wildman–Crippen MR) is 78.9 cm³/mol. The number of nitrogens with one attached hydrogen (secondary N) is 1. The molecular formula is C15H18N4O2. The summed E-state index contributed by atoms with van der Waals surface area (Å²) in [5.74, 6) is 0.816. The molecular weight excluding hydrogens is 268 g/mol. The van der Waals surface area contributed by atoms with Gasteiger partial charge >= 0.3 is 0 Å². The van der Waals surface area contributed by atoms with E-state index in [9.17, 15) is 0 Å². The van der Waals surface area contributed by atoms with Gasteiger partial charge in [-0.2, -0.15) is 0 Å². The zero-order valence-electron chi connectivity index (χ0n) is 12.0. The number of nitrogens with zero attached hydrogens (tertiary/aromatic N) is 3. The van der Waals surface area contributed by atoms with Crippen molar-refractivity contribution in [2.24, 2.45) is 0 Å². The van der Waals surface area contributed by atoms with Gasteiger partial charge in [-0.1, -0.05) is 5.16 Å². The number of hydrogen-bond donors (Lipinski definition) is 1. The maximum Gasteiger partial charge on any atom is 0.156 e. The van der Waals surface area contributed by atoms with Crippen molar-refractivity contribution in [2.75, 3.05) is 20.3 Å². The van der Waals surface area contributed by atoms with Crippen LogP contribution in [0.5, 0.6) is 0 Å². The van der Waals surface area contributed by atoms with E-state index in [4.69, 9.17) is 9.26 Å². The zero-order valence-corrected chi connectivity index (χ0v) is 12.0. The Labute approximate surface area is 122 Å². The van der Waals surface area contributed by atoms with Gasteiger partial charge in [0.2, 0.25) is 0 Å². The predicted octanol–water partition coefficient (Wildman–Crippen LogP) is 1.81. The lowest BCUT2D eigenvalue weighted by Gasteiger charge is -2.02. The van der Waals surface area contributed by atoms with Gasteiger partial charge in [-0.05, 0) is 17.7 Å². The summed E-state index contributed by atoms with van der Waals surface area (Å²) in [6.07, 6.45) is 5.57. The van der Waals surface area contributed by atoms with Gasteiger partial charge in [0.05, 0.1) is 19.3 Å². The molecule has 0 unspecified atom stereocenters. The van der Waals surface area contributed by atoms with Crippen molar-refractivity contribution in [1.29, 1.82) is 0 Å². The van der Waals surface area contributed by atoms with Crippen molar-refractivity contribution in [3.05, 3.63) is 48.1 Å². The second kappa shape index (κ2) is 6.51. The van der Waals surface area contributed by atoms with E-state index in [0.29, 0.717) is 13.2 Å². The molecule has 3 aromatic heterocycles. The summed E-state index contributed by atoms with van der Waals surface area (Å²) in [5, 5.41) is 8.26. The number of methoxy groups -OCH3 is 1. The molecule has 21 heavy (non-hydrogen) atoms. The molecule has 0 aliphatic carbocycles. The number of rotatable bonds is 7. The van der Waals surface area contributed by atoms with Crippen LogP contribution in [0.3, 0.4) is 0 Å². The van der Waals surface area contributed by atoms with Crippen LogP contribution in [0.4, 0.5) is 0 Å². The second-order valence-corrected chi connectivity index (χ2v) is 4.81. The normalized spacial score (nSPS) is 11.3. The maximum absolute atomic E-state index is 5.18. The molecule has 1 N–H and O–H groups in total. The molecule has 3 heterocycles. The molecule has 3 aromatic rings. The minimum Gasteiger partial charge on any atom is -0.383 e. The van der Waals surface area contributed by atoms with Crippen molar-refractivity contribution < 1.29 is 9.26 Å². The lowest BCUT2D eigenvalue weighted by molar-refractivity contribution is 0.199. The first-order valence-corrected chi connectivity index (χ1v) is 6.90. The maximum atomic E-state index is 5.18. The van der Waals surface area contributed by atoms with Crippen molar-refractivity contribution in [2.45, 2.75) is 13.1 Å². The topological polar surface area (TPSA) is 65.1 Å². The third-order valence-electron chi connectivity index (χ3n) is 3.33. The highest BCUT2D eigenvalue weighted by Crippen LogP contribution is 2.20. The Kier molecular flexibility index (Phi) is 4.28. The molecule has 110 valence electrons. The molecule has 0 radical (unpaired) electrons. The van der Waals surface area contributed by atoms with Crippen molar-refractivity contribution in [3.8, 4) is 0 Å². The van der Waals surface area contributed by atoms with Crippen molar-refractivity contribution >= 4 is 11.0 Å². The summed E-state index contributed by atoms with van der Waals surface area (Å²) in [6.45, 7) is 2.95. The van der Waals surface area contributed by atoms with Crippen LogP contribution in [-0.4, -0.2) is 35.0 Å². The fourth-order valence-electron chi connectivity index (χ4n) is 2.35. The molecule has 0 fully saturated rings. The van der Waals surface area contributed by atoms with Gasteiger partial charge in [-0.15, -0.1) is 0 Å². The summed E-state index contributed by atoms with van der Waals surface area (Å²) in [5.41, 5.74) is 2.17. The molecule has 0 amide bonds. The van der Waals surface area contributed by atoms with Gasteiger partial charge in [0.25, 0.3) is 0 Å². The third-order valence-corrected chi connectivity index (χ3v) is 3.33. The van der Waals surface area contributed by atoms with Crippen LogP contribution in [0, 0.1) is 0 Å². The van der Waals surface area contributed by atoms with E-state index in [1.54, 1.807) is 19.5 Å². The van der Waals surface area contributed by atoms with Gasteiger partial charge in [0.15, 0.2) is 5.76 Å². The van der Waals surface area contributed by atoms with Crippen LogP contribution in [-0.2, 0) is 17.8 Å². The Hall–Kier alpha value is -2.18. The van der Waals surface area contributed by atoms with Crippen LogP contribution in [0.25, 0.3) is 11.0 Å². The fraction of sp³-hybridized carbons (Fsp3) is 0.333. The van der Waals surface area contributed by atoms with Gasteiger partial charge < -0.3 is 19.1 Å². The third kappa shape index (κ3) is 3.12. The molecule has 0 spiro atoms. The smallest absolute Gasteiger partial charge is 0.156 e. The van der Waals surface area contributed by atoms with E-state index >= 15 is 0 Å². The SMILES string of the molecule is COCCNCc1cn(Cc2ccno2)c2ncccc12. The van der Waals surface area contributed by atoms with Crippen LogP contribution < -0.4 is 5.32 Å². The quantitative estimate of drug-likeness (QED) is 0.671. The molecule has 6 nitrogen and oxygen atoms in total. The Morgan fingerprint density at radius 1 is 1.33 bits per heavy atom. The first kappa shape index (κ1) is 13.8. The number of aromatic nitrogens is 3. The van der Waals surface area contributed by atoms with E-state index < -0.39 is 0 Å². The Morgan fingerprint density at radius 3 is 3.10 bits per heavy atom.